The Hall–Kier alpha value is -1.09. The lowest BCUT2D eigenvalue weighted by Gasteiger charge is -2.12. The summed E-state index contributed by atoms with van der Waals surface area (Å²) in [5.41, 5.74) is 1.21. The molecular weight excluding hydrogens is 210 g/mol. The second-order valence-corrected chi connectivity index (χ2v) is 4.64. The van der Waals surface area contributed by atoms with Crippen LogP contribution in [-0.4, -0.2) is 15.8 Å². The van der Waals surface area contributed by atoms with Crippen LogP contribution in [0.4, 0.5) is 0 Å². The molecule has 1 heterocycles. The average molecular weight is 235 g/mol. The molecule has 1 rings (SSSR count). The highest BCUT2D eigenvalue weighted by molar-refractivity contribution is 5.17. The number of rotatable bonds is 9. The molecule has 0 fully saturated rings. The molecule has 0 aliphatic rings. The van der Waals surface area contributed by atoms with E-state index in [0.29, 0.717) is 6.04 Å². The van der Waals surface area contributed by atoms with E-state index < -0.39 is 0 Å². The Morgan fingerprint density at radius 1 is 1.47 bits per heavy atom. The largest absolute Gasteiger partial charge is 0.310 e. The Morgan fingerprint density at radius 2 is 2.29 bits per heavy atom. The first-order valence-electron chi connectivity index (χ1n) is 6.65. The van der Waals surface area contributed by atoms with Gasteiger partial charge in [0.1, 0.15) is 0 Å². The van der Waals surface area contributed by atoms with E-state index in [0.717, 1.165) is 6.54 Å². The van der Waals surface area contributed by atoms with Gasteiger partial charge in [-0.15, -0.1) is 0 Å². The molecular formula is C14H25N3. The Balaban J connectivity index is 2.14. The molecule has 3 heteroatoms. The summed E-state index contributed by atoms with van der Waals surface area (Å²) >= 11 is 0. The summed E-state index contributed by atoms with van der Waals surface area (Å²) in [5.74, 6) is 0. The van der Waals surface area contributed by atoms with Crippen molar-refractivity contribution < 1.29 is 0 Å². The first-order valence-corrected chi connectivity index (χ1v) is 6.65. The van der Waals surface area contributed by atoms with Crippen molar-refractivity contribution in [3.63, 3.8) is 0 Å². The molecule has 1 aromatic heterocycles. The Morgan fingerprint density at radius 3 is 2.94 bits per heavy atom. The van der Waals surface area contributed by atoms with Crippen LogP contribution in [0.25, 0.3) is 6.20 Å². The predicted molar refractivity (Wildman–Crippen MR) is 73.7 cm³/mol. The summed E-state index contributed by atoms with van der Waals surface area (Å²) in [4.78, 5) is 0. The fourth-order valence-electron chi connectivity index (χ4n) is 1.84. The quantitative estimate of drug-likeness (QED) is 0.665. The van der Waals surface area contributed by atoms with Crippen molar-refractivity contribution >= 4 is 6.20 Å². The van der Waals surface area contributed by atoms with Crippen molar-refractivity contribution in [2.45, 2.75) is 58.5 Å². The molecule has 1 atom stereocenters. The minimum atomic E-state index is 0.582. The number of nitrogens with one attached hydrogen (secondary N) is 1. The molecule has 17 heavy (non-hydrogen) atoms. The van der Waals surface area contributed by atoms with Gasteiger partial charge in [0.15, 0.2) is 0 Å². The third kappa shape index (κ3) is 5.68. The number of aromatic nitrogens is 2. The van der Waals surface area contributed by atoms with Gasteiger partial charge in [0.25, 0.3) is 0 Å². The third-order valence-corrected chi connectivity index (χ3v) is 2.99. The van der Waals surface area contributed by atoms with Gasteiger partial charge in [0, 0.05) is 30.5 Å². The van der Waals surface area contributed by atoms with Crippen LogP contribution in [0.1, 0.15) is 51.5 Å². The molecule has 0 aliphatic heterocycles. The maximum absolute atomic E-state index is 4.16. The molecule has 0 radical (unpaired) electrons. The highest BCUT2D eigenvalue weighted by atomic mass is 15.2. The highest BCUT2D eigenvalue weighted by Gasteiger charge is 2.02. The molecule has 0 spiro atoms. The van der Waals surface area contributed by atoms with Crippen LogP contribution in [0.2, 0.25) is 0 Å². The smallest absolute Gasteiger partial charge is 0.0538 e. The van der Waals surface area contributed by atoms with E-state index in [9.17, 15) is 0 Å². The van der Waals surface area contributed by atoms with Gasteiger partial charge in [-0.1, -0.05) is 39.2 Å². The van der Waals surface area contributed by atoms with Crippen LogP contribution >= 0.6 is 0 Å². The van der Waals surface area contributed by atoms with Gasteiger partial charge >= 0.3 is 0 Å². The normalized spacial score (nSPS) is 12.6. The van der Waals surface area contributed by atoms with E-state index in [1.807, 2.05) is 12.4 Å². The van der Waals surface area contributed by atoms with E-state index in [4.69, 9.17) is 0 Å². The average Bonchev–Trinajstić information content (AvgIpc) is 2.80. The summed E-state index contributed by atoms with van der Waals surface area (Å²) in [7, 11) is 0. The maximum atomic E-state index is 4.16. The zero-order chi connectivity index (χ0) is 12.5. The zero-order valence-corrected chi connectivity index (χ0v) is 11.2. The van der Waals surface area contributed by atoms with Crippen LogP contribution in [0.5, 0.6) is 0 Å². The van der Waals surface area contributed by atoms with Crippen LogP contribution < -0.4 is 5.32 Å². The van der Waals surface area contributed by atoms with Gasteiger partial charge in [-0.05, 0) is 13.3 Å². The fourth-order valence-corrected chi connectivity index (χ4v) is 1.84. The van der Waals surface area contributed by atoms with E-state index >= 15 is 0 Å². The van der Waals surface area contributed by atoms with Crippen LogP contribution in [0.3, 0.4) is 0 Å². The lowest BCUT2D eigenvalue weighted by atomic mass is 10.1. The molecule has 0 bridgehead atoms. The van der Waals surface area contributed by atoms with E-state index in [1.165, 1.54) is 37.7 Å². The van der Waals surface area contributed by atoms with E-state index in [2.05, 4.69) is 30.8 Å². The van der Waals surface area contributed by atoms with Gasteiger partial charge < -0.3 is 5.32 Å². The van der Waals surface area contributed by atoms with Gasteiger partial charge in [-0.2, -0.15) is 5.10 Å². The van der Waals surface area contributed by atoms with Gasteiger partial charge in [0.05, 0.1) is 6.20 Å². The number of unbranched alkanes of at least 4 members (excludes halogenated alkanes) is 3. The minimum absolute atomic E-state index is 0.582. The van der Waals surface area contributed by atoms with Crippen molar-refractivity contribution in [1.82, 2.24) is 15.1 Å². The van der Waals surface area contributed by atoms with E-state index in [-0.39, 0.29) is 0 Å². The summed E-state index contributed by atoms with van der Waals surface area (Å²) < 4.78 is 1.74. The second kappa shape index (κ2) is 8.07. The number of hydrogen-bond donors (Lipinski definition) is 1. The monoisotopic (exact) mass is 235 g/mol. The van der Waals surface area contributed by atoms with Crippen molar-refractivity contribution in [3.8, 4) is 0 Å². The lowest BCUT2D eigenvalue weighted by molar-refractivity contribution is 0.482. The van der Waals surface area contributed by atoms with Gasteiger partial charge in [-0.25, -0.2) is 4.68 Å². The van der Waals surface area contributed by atoms with Gasteiger partial charge in [-0.3, -0.25) is 0 Å². The molecule has 0 saturated heterocycles. The minimum Gasteiger partial charge on any atom is -0.310 e. The van der Waals surface area contributed by atoms with Crippen LogP contribution in [0, 0.1) is 0 Å². The summed E-state index contributed by atoms with van der Waals surface area (Å²) in [6.07, 6.45) is 12.2. The molecule has 0 saturated carbocycles. The van der Waals surface area contributed by atoms with Crippen LogP contribution in [0.15, 0.2) is 19.0 Å². The molecule has 1 N–H and O–H groups in total. The molecule has 1 unspecified atom stereocenters. The SMILES string of the molecule is C=Cn1cc(CNC(C)CCCCCC)cn1. The van der Waals surface area contributed by atoms with Crippen molar-refractivity contribution in [1.29, 1.82) is 0 Å². The zero-order valence-electron chi connectivity index (χ0n) is 11.2. The Kier molecular flexibility index (Phi) is 6.63. The second-order valence-electron chi connectivity index (χ2n) is 4.64. The molecule has 0 amide bonds. The third-order valence-electron chi connectivity index (χ3n) is 2.99. The Labute approximate surface area is 105 Å². The highest BCUT2D eigenvalue weighted by Crippen LogP contribution is 2.06. The standard InChI is InChI=1S/C14H25N3/c1-4-6-7-8-9-13(3)15-10-14-11-16-17(5-2)12-14/h5,11-13,15H,2,4,6-10H2,1,3H3. The molecule has 3 nitrogen and oxygen atoms in total. The predicted octanol–water partition coefficient (Wildman–Crippen LogP) is 3.43. The van der Waals surface area contributed by atoms with Crippen LogP contribution in [-0.2, 0) is 6.54 Å². The molecule has 1 aromatic rings. The van der Waals surface area contributed by atoms with Crippen molar-refractivity contribution in [2.75, 3.05) is 0 Å². The molecule has 0 aromatic carbocycles. The van der Waals surface area contributed by atoms with E-state index in [1.54, 1.807) is 10.9 Å². The number of hydrogen-bond acceptors (Lipinski definition) is 2. The molecule has 96 valence electrons. The Bertz CT molecular complexity index is 317. The fraction of sp³-hybridized carbons (Fsp3) is 0.643. The first-order chi connectivity index (χ1) is 8.26. The van der Waals surface area contributed by atoms with Gasteiger partial charge in [0.2, 0.25) is 0 Å². The number of nitrogens with zero attached hydrogens (tertiary/aromatic N) is 2. The maximum Gasteiger partial charge on any atom is 0.0538 e. The van der Waals surface area contributed by atoms with Crippen molar-refractivity contribution in [2.24, 2.45) is 0 Å². The summed E-state index contributed by atoms with van der Waals surface area (Å²) in [6.45, 7) is 9.07. The lowest BCUT2D eigenvalue weighted by Crippen LogP contribution is -2.25. The molecule has 0 aliphatic carbocycles. The summed E-state index contributed by atoms with van der Waals surface area (Å²) in [6, 6.07) is 0.582. The van der Waals surface area contributed by atoms with Crippen molar-refractivity contribution in [3.05, 3.63) is 24.5 Å². The summed E-state index contributed by atoms with van der Waals surface area (Å²) in [5, 5.41) is 7.68. The topological polar surface area (TPSA) is 29.9 Å². The first kappa shape index (κ1) is 14.0.